The first-order chi connectivity index (χ1) is 8.70. The Balaban J connectivity index is 1.93. The zero-order chi connectivity index (χ0) is 13.0. The number of amides is 1. The van der Waals surface area contributed by atoms with Crippen molar-refractivity contribution in [3.05, 3.63) is 34.9 Å². The Morgan fingerprint density at radius 2 is 2.28 bits per heavy atom. The van der Waals surface area contributed by atoms with Crippen LogP contribution in [0.15, 0.2) is 18.2 Å². The van der Waals surface area contributed by atoms with E-state index in [0.29, 0.717) is 5.56 Å². The molecule has 0 aromatic heterocycles. The molecular formula is C13H18N2O3. The second-order valence-electron chi connectivity index (χ2n) is 4.41. The van der Waals surface area contributed by atoms with Gasteiger partial charge in [0.25, 0.3) is 5.91 Å². The first-order valence-electron chi connectivity index (χ1n) is 5.98. The lowest BCUT2D eigenvalue weighted by Gasteiger charge is -2.11. The fourth-order valence-corrected chi connectivity index (χ4v) is 2.00. The highest BCUT2D eigenvalue weighted by atomic mass is 16.5. The summed E-state index contributed by atoms with van der Waals surface area (Å²) in [7, 11) is 1.51. The van der Waals surface area contributed by atoms with E-state index >= 15 is 0 Å². The van der Waals surface area contributed by atoms with Gasteiger partial charge in [-0.3, -0.25) is 4.79 Å². The van der Waals surface area contributed by atoms with Gasteiger partial charge in [0, 0.05) is 32.3 Å². The first-order valence-corrected chi connectivity index (χ1v) is 5.98. The molecule has 0 saturated carbocycles. The number of benzene rings is 1. The van der Waals surface area contributed by atoms with Crippen LogP contribution in [0.1, 0.15) is 21.5 Å². The summed E-state index contributed by atoms with van der Waals surface area (Å²) in [5.41, 5.74) is 3.04. The molecule has 1 aliphatic heterocycles. The number of carbonyl (C=O) groups is 1. The maximum absolute atomic E-state index is 11.9. The highest BCUT2D eigenvalue weighted by molar-refractivity contribution is 5.94. The van der Waals surface area contributed by atoms with Crippen molar-refractivity contribution in [2.24, 2.45) is 0 Å². The van der Waals surface area contributed by atoms with Gasteiger partial charge >= 0.3 is 0 Å². The summed E-state index contributed by atoms with van der Waals surface area (Å²) < 4.78 is 4.79. The fourth-order valence-electron chi connectivity index (χ4n) is 2.00. The van der Waals surface area contributed by atoms with Crippen molar-refractivity contribution in [2.45, 2.75) is 19.2 Å². The Morgan fingerprint density at radius 1 is 1.50 bits per heavy atom. The molecular weight excluding hydrogens is 232 g/mol. The molecule has 18 heavy (non-hydrogen) atoms. The average molecular weight is 250 g/mol. The Bertz CT molecular complexity index is 434. The zero-order valence-corrected chi connectivity index (χ0v) is 10.4. The number of methoxy groups -OCH3 is 1. The summed E-state index contributed by atoms with van der Waals surface area (Å²) in [4.78, 5) is 11.9. The quantitative estimate of drug-likeness (QED) is 0.689. The maximum atomic E-state index is 11.9. The summed E-state index contributed by atoms with van der Waals surface area (Å²) in [5.74, 6) is -0.167. The normalized spacial score (nSPS) is 15.2. The van der Waals surface area contributed by atoms with Gasteiger partial charge in [0.1, 0.15) is 0 Å². The van der Waals surface area contributed by atoms with Crippen molar-refractivity contribution in [3.8, 4) is 0 Å². The summed E-state index contributed by atoms with van der Waals surface area (Å²) in [6.07, 6.45) is -0.671. The van der Waals surface area contributed by atoms with Crippen LogP contribution in [0.5, 0.6) is 0 Å². The number of nitrogens with one attached hydrogen (secondary N) is 2. The molecule has 5 nitrogen and oxygen atoms in total. The third kappa shape index (κ3) is 3.07. The monoisotopic (exact) mass is 250 g/mol. The number of ether oxygens (including phenoxy) is 1. The van der Waals surface area contributed by atoms with E-state index in [1.54, 1.807) is 0 Å². The molecule has 0 spiro atoms. The molecule has 1 aromatic carbocycles. The van der Waals surface area contributed by atoms with Gasteiger partial charge in [0.05, 0.1) is 12.7 Å². The van der Waals surface area contributed by atoms with Crippen LogP contribution in [0.3, 0.4) is 0 Å². The lowest BCUT2D eigenvalue weighted by atomic mass is 10.1. The molecule has 98 valence electrons. The van der Waals surface area contributed by atoms with Crippen molar-refractivity contribution in [2.75, 3.05) is 20.3 Å². The van der Waals surface area contributed by atoms with Crippen LogP contribution in [0.2, 0.25) is 0 Å². The van der Waals surface area contributed by atoms with Gasteiger partial charge in [-0.25, -0.2) is 0 Å². The van der Waals surface area contributed by atoms with Crippen LogP contribution < -0.4 is 10.6 Å². The number of aliphatic hydroxyl groups is 1. The van der Waals surface area contributed by atoms with Crippen molar-refractivity contribution in [3.63, 3.8) is 0 Å². The molecule has 0 radical (unpaired) electrons. The summed E-state index contributed by atoms with van der Waals surface area (Å²) >= 11 is 0. The van der Waals surface area contributed by atoms with E-state index in [0.717, 1.165) is 13.1 Å². The van der Waals surface area contributed by atoms with Crippen molar-refractivity contribution in [1.29, 1.82) is 0 Å². The SMILES string of the molecule is COCC(O)CNC(=O)c1ccc2c(c1)CNC2. The largest absolute Gasteiger partial charge is 0.389 e. The maximum Gasteiger partial charge on any atom is 0.251 e. The molecule has 0 aliphatic carbocycles. The molecule has 1 atom stereocenters. The molecule has 1 heterocycles. The summed E-state index contributed by atoms with van der Waals surface area (Å²) in [6.45, 7) is 2.09. The summed E-state index contributed by atoms with van der Waals surface area (Å²) in [5, 5.41) is 15.4. The highest BCUT2D eigenvalue weighted by Crippen LogP contribution is 2.16. The van der Waals surface area contributed by atoms with E-state index in [-0.39, 0.29) is 19.1 Å². The Labute approximate surface area is 106 Å². The van der Waals surface area contributed by atoms with Crippen molar-refractivity contribution >= 4 is 5.91 Å². The Hall–Kier alpha value is -1.43. The zero-order valence-electron chi connectivity index (χ0n) is 10.4. The topological polar surface area (TPSA) is 70.6 Å². The van der Waals surface area contributed by atoms with Crippen LogP contribution in [0.4, 0.5) is 0 Å². The van der Waals surface area contributed by atoms with Crippen LogP contribution in [0.25, 0.3) is 0 Å². The molecule has 0 bridgehead atoms. The second-order valence-corrected chi connectivity index (χ2v) is 4.41. The van der Waals surface area contributed by atoms with Gasteiger partial charge < -0.3 is 20.5 Å². The predicted octanol–water partition coefficient (Wildman–Crippen LogP) is 0.0269. The lowest BCUT2D eigenvalue weighted by molar-refractivity contribution is 0.0610. The second kappa shape index (κ2) is 5.95. The third-order valence-corrected chi connectivity index (χ3v) is 2.96. The van der Waals surface area contributed by atoms with E-state index in [2.05, 4.69) is 10.6 Å². The van der Waals surface area contributed by atoms with Crippen LogP contribution >= 0.6 is 0 Å². The predicted molar refractivity (Wildman–Crippen MR) is 67.2 cm³/mol. The average Bonchev–Trinajstić information content (AvgIpc) is 2.83. The number of hydrogen-bond donors (Lipinski definition) is 3. The van der Waals surface area contributed by atoms with Gasteiger partial charge in [-0.1, -0.05) is 6.07 Å². The minimum atomic E-state index is -0.671. The summed E-state index contributed by atoms with van der Waals surface area (Å²) in [6, 6.07) is 5.67. The number of aliphatic hydroxyl groups excluding tert-OH is 1. The molecule has 0 saturated heterocycles. The first kappa shape index (κ1) is 13.0. The van der Waals surface area contributed by atoms with E-state index in [1.807, 2.05) is 18.2 Å². The molecule has 1 aromatic rings. The van der Waals surface area contributed by atoms with Gasteiger partial charge in [-0.05, 0) is 23.3 Å². The Kier molecular flexibility index (Phi) is 4.30. The van der Waals surface area contributed by atoms with Gasteiger partial charge in [0.2, 0.25) is 0 Å². The standard InChI is InChI=1S/C13H18N2O3/c1-18-8-12(16)7-15-13(17)9-2-3-10-5-14-6-11(10)4-9/h2-4,12,14,16H,5-8H2,1H3,(H,15,17). The van der Waals surface area contributed by atoms with Gasteiger partial charge in [-0.2, -0.15) is 0 Å². The number of fused-ring (bicyclic) bond motifs is 1. The molecule has 2 rings (SSSR count). The van der Waals surface area contributed by atoms with Crippen molar-refractivity contribution in [1.82, 2.24) is 10.6 Å². The van der Waals surface area contributed by atoms with E-state index in [1.165, 1.54) is 18.2 Å². The van der Waals surface area contributed by atoms with Crippen LogP contribution in [-0.4, -0.2) is 37.4 Å². The Morgan fingerprint density at radius 3 is 3.06 bits per heavy atom. The molecule has 1 amide bonds. The lowest BCUT2D eigenvalue weighted by Crippen LogP contribution is -2.34. The highest BCUT2D eigenvalue weighted by Gasteiger charge is 2.14. The van der Waals surface area contributed by atoms with Crippen LogP contribution in [0, 0.1) is 0 Å². The number of rotatable bonds is 5. The van der Waals surface area contributed by atoms with Gasteiger partial charge in [0.15, 0.2) is 0 Å². The smallest absolute Gasteiger partial charge is 0.251 e. The van der Waals surface area contributed by atoms with Crippen molar-refractivity contribution < 1.29 is 14.6 Å². The molecule has 0 fully saturated rings. The molecule has 1 aliphatic rings. The van der Waals surface area contributed by atoms with E-state index < -0.39 is 6.10 Å². The number of hydrogen-bond acceptors (Lipinski definition) is 4. The van der Waals surface area contributed by atoms with E-state index in [4.69, 9.17) is 4.74 Å². The van der Waals surface area contributed by atoms with E-state index in [9.17, 15) is 9.90 Å². The molecule has 1 unspecified atom stereocenters. The minimum Gasteiger partial charge on any atom is -0.389 e. The fraction of sp³-hybridized carbons (Fsp3) is 0.462. The molecule has 5 heteroatoms. The van der Waals surface area contributed by atoms with Crippen LogP contribution in [-0.2, 0) is 17.8 Å². The number of carbonyl (C=O) groups excluding carboxylic acids is 1. The van der Waals surface area contributed by atoms with Gasteiger partial charge in [-0.15, -0.1) is 0 Å². The minimum absolute atomic E-state index is 0.167. The third-order valence-electron chi connectivity index (χ3n) is 2.96. The molecule has 3 N–H and O–H groups in total.